The Kier molecular flexibility index (Phi) is 7.53. The van der Waals surface area contributed by atoms with Crippen molar-refractivity contribution in [2.75, 3.05) is 19.6 Å². The molecule has 0 atom stereocenters. The molecule has 0 saturated heterocycles. The van der Waals surface area contributed by atoms with E-state index in [1.54, 1.807) is 0 Å². The lowest BCUT2D eigenvalue weighted by atomic mass is 9.86. The summed E-state index contributed by atoms with van der Waals surface area (Å²) in [7, 11) is 0. The van der Waals surface area contributed by atoms with Crippen LogP contribution in [0.5, 0.6) is 0 Å². The first kappa shape index (κ1) is 17.4. The summed E-state index contributed by atoms with van der Waals surface area (Å²) in [5, 5.41) is 7.57. The van der Waals surface area contributed by atoms with Gasteiger partial charge in [0.2, 0.25) is 0 Å². The van der Waals surface area contributed by atoms with Crippen LogP contribution < -0.4 is 5.73 Å². The molecule has 0 heterocycles. The monoisotopic (exact) mass is 255 g/mol. The quantitative estimate of drug-likeness (QED) is 0.490. The smallest absolute Gasteiger partial charge is 0.0963 e. The second-order valence-electron chi connectivity index (χ2n) is 6.95. The zero-order valence-corrected chi connectivity index (χ0v) is 13.2. The molecule has 0 aliphatic carbocycles. The summed E-state index contributed by atoms with van der Waals surface area (Å²) in [6.07, 6.45) is 2.11. The Balaban J connectivity index is 4.14. The molecule has 0 aromatic heterocycles. The molecule has 0 aromatic carbocycles. The molecule has 0 fully saturated rings. The molecule has 0 spiro atoms. The minimum Gasteiger partial charge on any atom is -0.387 e. The molecular weight excluding hydrogens is 222 g/mol. The zero-order chi connectivity index (χ0) is 14.3. The van der Waals surface area contributed by atoms with Crippen LogP contribution in [0.3, 0.4) is 0 Å². The molecule has 0 unspecified atom stereocenters. The zero-order valence-electron chi connectivity index (χ0n) is 13.2. The van der Waals surface area contributed by atoms with Gasteiger partial charge in [-0.15, -0.1) is 0 Å². The van der Waals surface area contributed by atoms with Crippen molar-refractivity contribution in [3.8, 4) is 0 Å². The summed E-state index contributed by atoms with van der Waals surface area (Å²) < 4.78 is 0. The van der Waals surface area contributed by atoms with Gasteiger partial charge in [0.05, 0.1) is 5.84 Å². The molecular formula is C15H33N3. The fourth-order valence-electron chi connectivity index (χ4n) is 2.17. The number of nitrogens with zero attached hydrogens (tertiary/aromatic N) is 1. The number of hydrogen-bond acceptors (Lipinski definition) is 2. The molecule has 3 N–H and O–H groups in total. The second kappa shape index (κ2) is 7.78. The summed E-state index contributed by atoms with van der Waals surface area (Å²) in [6.45, 7) is 16.7. The van der Waals surface area contributed by atoms with Crippen molar-refractivity contribution in [2.45, 2.75) is 54.4 Å². The second-order valence-corrected chi connectivity index (χ2v) is 6.95. The standard InChI is InChI=1S/C15H33N3/c1-12(2)10-18(11-13(3)4)9-7-8-15(5,6)14(16)17/h12-13H,7-11H2,1-6H3,(H3,16,17). The average Bonchev–Trinajstić information content (AvgIpc) is 2.14. The lowest BCUT2D eigenvalue weighted by Crippen LogP contribution is -2.35. The van der Waals surface area contributed by atoms with E-state index in [2.05, 4.69) is 46.4 Å². The fraction of sp³-hybridized carbons (Fsp3) is 0.933. The molecule has 108 valence electrons. The molecule has 0 bridgehead atoms. The first-order valence-corrected chi connectivity index (χ1v) is 7.22. The third kappa shape index (κ3) is 7.70. The molecule has 3 heteroatoms. The molecule has 0 saturated carbocycles. The normalized spacial score (nSPS) is 12.7. The van der Waals surface area contributed by atoms with Gasteiger partial charge in [-0.2, -0.15) is 0 Å². The molecule has 0 aliphatic rings. The van der Waals surface area contributed by atoms with Gasteiger partial charge in [0.25, 0.3) is 0 Å². The van der Waals surface area contributed by atoms with Crippen LogP contribution in [0.4, 0.5) is 0 Å². The maximum Gasteiger partial charge on any atom is 0.0963 e. The van der Waals surface area contributed by atoms with Gasteiger partial charge in [0.1, 0.15) is 0 Å². The van der Waals surface area contributed by atoms with Crippen LogP contribution >= 0.6 is 0 Å². The maximum absolute atomic E-state index is 7.57. The molecule has 18 heavy (non-hydrogen) atoms. The van der Waals surface area contributed by atoms with E-state index in [0.29, 0.717) is 17.7 Å². The fourth-order valence-corrected chi connectivity index (χ4v) is 2.17. The highest BCUT2D eigenvalue weighted by Gasteiger charge is 2.21. The number of nitrogens with one attached hydrogen (secondary N) is 1. The topological polar surface area (TPSA) is 53.1 Å². The number of nitrogens with two attached hydrogens (primary N) is 1. The SMILES string of the molecule is CC(C)CN(CCCC(C)(C)C(=N)N)CC(C)C. The first-order valence-electron chi connectivity index (χ1n) is 7.22. The van der Waals surface area contributed by atoms with Crippen molar-refractivity contribution in [2.24, 2.45) is 23.0 Å². The highest BCUT2D eigenvalue weighted by molar-refractivity contribution is 5.82. The minimum atomic E-state index is -0.151. The molecule has 0 aromatic rings. The summed E-state index contributed by atoms with van der Waals surface area (Å²) in [5.74, 6) is 1.73. The van der Waals surface area contributed by atoms with Crippen molar-refractivity contribution in [3.05, 3.63) is 0 Å². The van der Waals surface area contributed by atoms with Gasteiger partial charge in [-0.25, -0.2) is 0 Å². The van der Waals surface area contributed by atoms with Crippen LogP contribution in [0.2, 0.25) is 0 Å². The Hall–Kier alpha value is -0.570. The van der Waals surface area contributed by atoms with Gasteiger partial charge >= 0.3 is 0 Å². The maximum atomic E-state index is 7.57. The Morgan fingerprint density at radius 2 is 1.56 bits per heavy atom. The van der Waals surface area contributed by atoms with Gasteiger partial charge in [-0.3, -0.25) is 5.41 Å². The van der Waals surface area contributed by atoms with E-state index in [9.17, 15) is 0 Å². The van der Waals surface area contributed by atoms with Crippen molar-refractivity contribution in [1.82, 2.24) is 4.90 Å². The van der Waals surface area contributed by atoms with Crippen LogP contribution in [-0.2, 0) is 0 Å². The summed E-state index contributed by atoms with van der Waals surface area (Å²) in [4.78, 5) is 2.55. The average molecular weight is 255 g/mol. The lowest BCUT2D eigenvalue weighted by molar-refractivity contribution is 0.209. The van der Waals surface area contributed by atoms with Crippen molar-refractivity contribution in [1.29, 1.82) is 5.41 Å². The predicted molar refractivity (Wildman–Crippen MR) is 81.0 cm³/mol. The van der Waals surface area contributed by atoms with E-state index in [0.717, 1.165) is 19.4 Å². The largest absolute Gasteiger partial charge is 0.387 e. The molecule has 3 nitrogen and oxygen atoms in total. The van der Waals surface area contributed by atoms with Crippen LogP contribution in [0.15, 0.2) is 0 Å². The molecule has 0 aliphatic heterocycles. The van der Waals surface area contributed by atoms with Gasteiger partial charge in [0, 0.05) is 18.5 Å². The van der Waals surface area contributed by atoms with E-state index in [1.165, 1.54) is 13.1 Å². The lowest BCUT2D eigenvalue weighted by Gasteiger charge is -2.28. The highest BCUT2D eigenvalue weighted by atomic mass is 15.1. The Morgan fingerprint density at radius 3 is 1.89 bits per heavy atom. The third-order valence-corrected chi connectivity index (χ3v) is 3.25. The van der Waals surface area contributed by atoms with E-state index in [-0.39, 0.29) is 5.41 Å². The Morgan fingerprint density at radius 1 is 1.11 bits per heavy atom. The number of amidine groups is 1. The van der Waals surface area contributed by atoms with Gasteiger partial charge in [-0.1, -0.05) is 41.5 Å². The summed E-state index contributed by atoms with van der Waals surface area (Å²) in [5.41, 5.74) is 5.47. The van der Waals surface area contributed by atoms with Crippen molar-refractivity contribution < 1.29 is 0 Å². The van der Waals surface area contributed by atoms with Crippen LogP contribution in [0.1, 0.15) is 54.4 Å². The highest BCUT2D eigenvalue weighted by Crippen LogP contribution is 2.22. The first-order chi connectivity index (χ1) is 8.15. The van der Waals surface area contributed by atoms with E-state index in [1.807, 2.05) is 0 Å². The van der Waals surface area contributed by atoms with E-state index < -0.39 is 0 Å². The van der Waals surface area contributed by atoms with Crippen molar-refractivity contribution >= 4 is 5.84 Å². The van der Waals surface area contributed by atoms with Gasteiger partial charge in [0.15, 0.2) is 0 Å². The van der Waals surface area contributed by atoms with Crippen LogP contribution in [-0.4, -0.2) is 30.4 Å². The summed E-state index contributed by atoms with van der Waals surface area (Å²) >= 11 is 0. The van der Waals surface area contributed by atoms with E-state index >= 15 is 0 Å². The van der Waals surface area contributed by atoms with Crippen LogP contribution in [0, 0.1) is 22.7 Å². The van der Waals surface area contributed by atoms with E-state index in [4.69, 9.17) is 11.1 Å². The van der Waals surface area contributed by atoms with Gasteiger partial charge in [-0.05, 0) is 31.2 Å². The van der Waals surface area contributed by atoms with Crippen LogP contribution in [0.25, 0.3) is 0 Å². The Labute approximate surface area is 114 Å². The number of rotatable bonds is 9. The minimum absolute atomic E-state index is 0.151. The molecule has 0 radical (unpaired) electrons. The summed E-state index contributed by atoms with van der Waals surface area (Å²) in [6, 6.07) is 0. The molecule has 0 amide bonds. The number of hydrogen-bond donors (Lipinski definition) is 2. The third-order valence-electron chi connectivity index (χ3n) is 3.25. The molecule has 0 rings (SSSR count). The predicted octanol–water partition coefficient (Wildman–Crippen LogP) is 3.34. The Bertz CT molecular complexity index is 234. The van der Waals surface area contributed by atoms with Crippen molar-refractivity contribution in [3.63, 3.8) is 0 Å². The van der Waals surface area contributed by atoms with Gasteiger partial charge < -0.3 is 10.6 Å².